The number of halogens is 1. The molecule has 2 aliphatic rings. The number of esters is 1. The van der Waals surface area contributed by atoms with Crippen LogP contribution < -0.4 is 5.32 Å². The third-order valence-corrected chi connectivity index (χ3v) is 3.99. The molecule has 0 aromatic rings. The van der Waals surface area contributed by atoms with Crippen molar-refractivity contribution < 1.29 is 14.3 Å². The van der Waals surface area contributed by atoms with Crippen LogP contribution in [0.3, 0.4) is 0 Å². The Hall–Kier alpha value is -0.810. The fourth-order valence-electron chi connectivity index (χ4n) is 2.94. The molecule has 0 radical (unpaired) electrons. The highest BCUT2D eigenvalue weighted by Gasteiger charge is 2.34. The highest BCUT2D eigenvalue weighted by molar-refractivity contribution is 5.85. The lowest BCUT2D eigenvalue weighted by molar-refractivity contribution is -0.148. The van der Waals surface area contributed by atoms with Gasteiger partial charge < -0.3 is 15.0 Å². The van der Waals surface area contributed by atoms with Crippen molar-refractivity contribution in [2.45, 2.75) is 25.7 Å². The Morgan fingerprint density at radius 2 is 1.79 bits per heavy atom. The Balaban J connectivity index is 0.00000180. The van der Waals surface area contributed by atoms with Gasteiger partial charge in [-0.2, -0.15) is 0 Å². The van der Waals surface area contributed by atoms with E-state index in [9.17, 15) is 9.59 Å². The number of rotatable bonds is 2. The molecule has 1 N–H and O–H groups in total. The Bertz CT molecular complexity index is 319. The largest absolute Gasteiger partial charge is 0.469 e. The summed E-state index contributed by atoms with van der Waals surface area (Å²) in [5, 5.41) is 3.24. The molecule has 1 saturated heterocycles. The minimum Gasteiger partial charge on any atom is -0.469 e. The summed E-state index contributed by atoms with van der Waals surface area (Å²) in [5.41, 5.74) is 0. The summed E-state index contributed by atoms with van der Waals surface area (Å²) in [6, 6.07) is 0. The SMILES string of the molecule is COC(=O)C1CCCC(C(=O)N2CCNCC2)C1.Cl. The lowest BCUT2D eigenvalue weighted by atomic mass is 9.80. The van der Waals surface area contributed by atoms with Crippen molar-refractivity contribution in [3.05, 3.63) is 0 Å². The second-order valence-electron chi connectivity index (χ2n) is 5.16. The maximum atomic E-state index is 12.4. The fraction of sp³-hybridized carbons (Fsp3) is 0.846. The van der Waals surface area contributed by atoms with Gasteiger partial charge in [-0.1, -0.05) is 6.42 Å². The average Bonchev–Trinajstić information content (AvgIpc) is 2.46. The number of ether oxygens (including phenoxy) is 1. The van der Waals surface area contributed by atoms with Crippen molar-refractivity contribution in [1.29, 1.82) is 0 Å². The summed E-state index contributed by atoms with van der Waals surface area (Å²) in [6.07, 6.45) is 3.38. The summed E-state index contributed by atoms with van der Waals surface area (Å²) in [5.74, 6) is -0.000482. The normalized spacial score (nSPS) is 27.3. The van der Waals surface area contributed by atoms with Crippen LogP contribution in [0.2, 0.25) is 0 Å². The quantitative estimate of drug-likeness (QED) is 0.765. The first-order valence-corrected chi connectivity index (χ1v) is 6.79. The van der Waals surface area contributed by atoms with E-state index in [0.29, 0.717) is 6.42 Å². The molecule has 1 aliphatic heterocycles. The molecule has 0 bridgehead atoms. The van der Waals surface area contributed by atoms with Crippen LogP contribution in [0.25, 0.3) is 0 Å². The molecule has 19 heavy (non-hydrogen) atoms. The van der Waals surface area contributed by atoms with Gasteiger partial charge in [-0.15, -0.1) is 12.4 Å². The van der Waals surface area contributed by atoms with Crippen molar-refractivity contribution in [2.24, 2.45) is 11.8 Å². The van der Waals surface area contributed by atoms with Crippen molar-refractivity contribution in [2.75, 3.05) is 33.3 Å². The van der Waals surface area contributed by atoms with Gasteiger partial charge in [0.1, 0.15) is 0 Å². The van der Waals surface area contributed by atoms with Crippen LogP contribution in [0.4, 0.5) is 0 Å². The van der Waals surface area contributed by atoms with Crippen molar-refractivity contribution in [3.8, 4) is 0 Å². The Morgan fingerprint density at radius 1 is 1.16 bits per heavy atom. The van der Waals surface area contributed by atoms with Gasteiger partial charge >= 0.3 is 5.97 Å². The highest BCUT2D eigenvalue weighted by atomic mass is 35.5. The van der Waals surface area contributed by atoms with Gasteiger partial charge in [0.05, 0.1) is 13.0 Å². The number of amides is 1. The second kappa shape index (κ2) is 7.70. The maximum Gasteiger partial charge on any atom is 0.308 e. The summed E-state index contributed by atoms with van der Waals surface area (Å²) >= 11 is 0. The highest BCUT2D eigenvalue weighted by Crippen LogP contribution is 2.31. The van der Waals surface area contributed by atoms with Crippen LogP contribution in [0, 0.1) is 11.8 Å². The summed E-state index contributed by atoms with van der Waals surface area (Å²) < 4.78 is 4.79. The predicted molar refractivity (Wildman–Crippen MR) is 74.2 cm³/mol. The molecule has 2 rings (SSSR count). The van der Waals surface area contributed by atoms with Gasteiger partial charge in [-0.05, 0) is 19.3 Å². The van der Waals surface area contributed by atoms with E-state index >= 15 is 0 Å². The molecule has 1 saturated carbocycles. The molecule has 1 heterocycles. The first-order chi connectivity index (χ1) is 8.72. The van der Waals surface area contributed by atoms with Crippen molar-refractivity contribution in [1.82, 2.24) is 10.2 Å². The van der Waals surface area contributed by atoms with E-state index in [1.54, 1.807) is 0 Å². The molecule has 2 fully saturated rings. The smallest absolute Gasteiger partial charge is 0.308 e. The lowest BCUT2D eigenvalue weighted by Crippen LogP contribution is -2.49. The van der Waals surface area contributed by atoms with Gasteiger partial charge in [-0.3, -0.25) is 9.59 Å². The third kappa shape index (κ3) is 4.08. The molecule has 6 heteroatoms. The molecule has 0 aromatic carbocycles. The van der Waals surface area contributed by atoms with E-state index in [4.69, 9.17) is 4.74 Å². The van der Waals surface area contributed by atoms with Gasteiger partial charge in [0.25, 0.3) is 0 Å². The van der Waals surface area contributed by atoms with E-state index in [1.165, 1.54) is 7.11 Å². The summed E-state index contributed by atoms with van der Waals surface area (Å²) in [4.78, 5) is 25.8. The first kappa shape index (κ1) is 16.2. The van der Waals surface area contributed by atoms with Gasteiger partial charge in [0.15, 0.2) is 0 Å². The first-order valence-electron chi connectivity index (χ1n) is 6.79. The van der Waals surface area contributed by atoms with Crippen LogP contribution in [0.5, 0.6) is 0 Å². The van der Waals surface area contributed by atoms with Crippen LogP contribution in [0.15, 0.2) is 0 Å². The molecule has 1 amide bonds. The molecule has 1 aliphatic carbocycles. The van der Waals surface area contributed by atoms with E-state index in [1.807, 2.05) is 4.90 Å². The molecule has 0 aromatic heterocycles. The standard InChI is InChI=1S/C13H22N2O3.ClH/c1-18-13(17)11-4-2-3-10(9-11)12(16)15-7-5-14-6-8-15;/h10-11,14H,2-9H2,1H3;1H. The summed E-state index contributed by atoms with van der Waals surface area (Å²) in [6.45, 7) is 3.33. The molecule has 5 nitrogen and oxygen atoms in total. The van der Waals surface area contributed by atoms with Crippen LogP contribution in [0.1, 0.15) is 25.7 Å². The van der Waals surface area contributed by atoms with E-state index in [2.05, 4.69) is 5.32 Å². The zero-order valence-corrected chi connectivity index (χ0v) is 12.2. The third-order valence-electron chi connectivity index (χ3n) is 3.99. The Labute approximate surface area is 120 Å². The van der Waals surface area contributed by atoms with Gasteiger partial charge in [0, 0.05) is 32.1 Å². The minimum atomic E-state index is -0.159. The minimum absolute atomic E-state index is 0. The zero-order chi connectivity index (χ0) is 13.0. The number of nitrogens with one attached hydrogen (secondary N) is 1. The van der Waals surface area contributed by atoms with Crippen LogP contribution in [-0.4, -0.2) is 50.1 Å². The number of hydrogen-bond donors (Lipinski definition) is 1. The predicted octanol–water partition coefficient (Wildman–Crippen LogP) is 0.819. The van der Waals surface area contributed by atoms with E-state index in [0.717, 1.165) is 45.4 Å². The second-order valence-corrected chi connectivity index (χ2v) is 5.16. The summed E-state index contributed by atoms with van der Waals surface area (Å²) in [7, 11) is 1.42. The van der Waals surface area contributed by atoms with Crippen LogP contribution >= 0.6 is 12.4 Å². The van der Waals surface area contributed by atoms with Crippen LogP contribution in [-0.2, 0) is 14.3 Å². The van der Waals surface area contributed by atoms with E-state index in [-0.39, 0.29) is 36.1 Å². The number of nitrogens with zero attached hydrogens (tertiary/aromatic N) is 1. The Morgan fingerprint density at radius 3 is 2.42 bits per heavy atom. The monoisotopic (exact) mass is 290 g/mol. The Kier molecular flexibility index (Phi) is 6.58. The average molecular weight is 291 g/mol. The molecule has 110 valence electrons. The number of hydrogen-bond acceptors (Lipinski definition) is 4. The maximum absolute atomic E-state index is 12.4. The molecular weight excluding hydrogens is 268 g/mol. The zero-order valence-electron chi connectivity index (χ0n) is 11.4. The lowest BCUT2D eigenvalue weighted by Gasteiger charge is -2.34. The van der Waals surface area contributed by atoms with Gasteiger partial charge in [-0.25, -0.2) is 0 Å². The molecule has 2 atom stereocenters. The fourth-order valence-corrected chi connectivity index (χ4v) is 2.94. The number of carbonyl (C=O) groups is 2. The molecular formula is C13H23ClN2O3. The molecule has 0 spiro atoms. The molecule has 2 unspecified atom stereocenters. The number of piperazine rings is 1. The van der Waals surface area contributed by atoms with Crippen molar-refractivity contribution >= 4 is 24.3 Å². The van der Waals surface area contributed by atoms with E-state index < -0.39 is 0 Å². The topological polar surface area (TPSA) is 58.6 Å². The number of carbonyl (C=O) groups excluding carboxylic acids is 2. The van der Waals surface area contributed by atoms with Gasteiger partial charge in [0.2, 0.25) is 5.91 Å². The van der Waals surface area contributed by atoms with Crippen molar-refractivity contribution in [3.63, 3.8) is 0 Å². The number of methoxy groups -OCH3 is 1.